The van der Waals surface area contributed by atoms with Gasteiger partial charge in [0.05, 0.1) is 12.7 Å². The molecule has 3 nitrogen and oxygen atoms in total. The van der Waals surface area contributed by atoms with Crippen molar-refractivity contribution in [2.24, 2.45) is 0 Å². The minimum absolute atomic E-state index is 0.0247. The highest BCUT2D eigenvalue weighted by Crippen LogP contribution is 2.48. The predicted molar refractivity (Wildman–Crippen MR) is 71.0 cm³/mol. The van der Waals surface area contributed by atoms with Crippen molar-refractivity contribution in [1.29, 1.82) is 0 Å². The number of benzene rings is 1. The van der Waals surface area contributed by atoms with E-state index >= 15 is 0 Å². The summed E-state index contributed by atoms with van der Waals surface area (Å²) in [5.41, 5.74) is -0.628. The van der Waals surface area contributed by atoms with Crippen molar-refractivity contribution < 1.29 is 18.4 Å². The lowest BCUT2D eigenvalue weighted by Gasteiger charge is -2.36. The van der Waals surface area contributed by atoms with Crippen molar-refractivity contribution in [3.05, 3.63) is 29.6 Å². The first-order valence-corrected chi connectivity index (χ1v) is 7.77. The van der Waals surface area contributed by atoms with Crippen molar-refractivity contribution in [2.75, 3.05) is 7.11 Å². The van der Waals surface area contributed by atoms with Gasteiger partial charge < -0.3 is 9.84 Å². The molecule has 2 saturated heterocycles. The molecule has 2 bridgehead atoms. The van der Waals surface area contributed by atoms with Crippen molar-refractivity contribution in [3.8, 4) is 5.75 Å². The second kappa shape index (κ2) is 4.56. The second-order valence-electron chi connectivity index (χ2n) is 5.43. The van der Waals surface area contributed by atoms with Gasteiger partial charge in [-0.25, -0.2) is 4.39 Å². The number of halogens is 1. The Hall–Kier alpha value is -0.940. The number of rotatable bonds is 2. The lowest BCUT2D eigenvalue weighted by atomic mass is 9.85. The predicted octanol–water partition coefficient (Wildman–Crippen LogP) is 2.10. The van der Waals surface area contributed by atoms with Crippen molar-refractivity contribution in [2.45, 2.75) is 41.8 Å². The summed E-state index contributed by atoms with van der Waals surface area (Å²) >= 11 is 0. The molecule has 0 radical (unpaired) electrons. The Morgan fingerprint density at radius 2 is 2.00 bits per heavy atom. The van der Waals surface area contributed by atoms with Crippen molar-refractivity contribution >= 4 is 10.8 Å². The first-order valence-electron chi connectivity index (χ1n) is 6.49. The number of hydrogen-bond donors (Lipinski definition) is 1. The molecule has 2 unspecified atom stereocenters. The zero-order valence-electron chi connectivity index (χ0n) is 10.8. The third-order valence-corrected chi connectivity index (χ3v) is 6.38. The summed E-state index contributed by atoms with van der Waals surface area (Å²) in [5, 5.41) is 10.9. The van der Waals surface area contributed by atoms with Gasteiger partial charge in [-0.1, -0.05) is 0 Å². The highest BCUT2D eigenvalue weighted by Gasteiger charge is 2.49. The van der Waals surface area contributed by atoms with Crippen LogP contribution in [0.3, 0.4) is 0 Å². The lowest BCUT2D eigenvalue weighted by Crippen LogP contribution is -2.40. The monoisotopic (exact) mass is 284 g/mol. The van der Waals surface area contributed by atoms with Gasteiger partial charge in [0.25, 0.3) is 0 Å². The van der Waals surface area contributed by atoms with Crippen LogP contribution in [0.15, 0.2) is 18.2 Å². The number of fused-ring (bicyclic) bond motifs is 2. The molecular weight excluding hydrogens is 267 g/mol. The fourth-order valence-corrected chi connectivity index (χ4v) is 5.51. The molecule has 0 amide bonds. The molecule has 0 saturated carbocycles. The average molecular weight is 284 g/mol. The molecule has 2 heterocycles. The maximum absolute atomic E-state index is 13.5. The Bertz CT molecular complexity index is 515. The zero-order chi connectivity index (χ0) is 13.6. The van der Waals surface area contributed by atoms with Crippen LogP contribution >= 0.6 is 0 Å². The molecule has 0 spiro atoms. The molecule has 1 N–H and O–H groups in total. The molecule has 3 rings (SSSR count). The van der Waals surface area contributed by atoms with Crippen LogP contribution in [0, 0.1) is 5.82 Å². The van der Waals surface area contributed by atoms with Crippen LogP contribution in [0.1, 0.15) is 31.2 Å². The summed E-state index contributed by atoms with van der Waals surface area (Å²) in [5.74, 6) is 0.110. The Kier molecular flexibility index (Phi) is 3.14. The van der Waals surface area contributed by atoms with Gasteiger partial charge in [-0.3, -0.25) is 4.21 Å². The number of hydrogen-bond acceptors (Lipinski definition) is 3. The van der Waals surface area contributed by atoms with Gasteiger partial charge in [0.2, 0.25) is 0 Å². The molecule has 1 aromatic rings. The highest BCUT2D eigenvalue weighted by atomic mass is 32.2. The van der Waals surface area contributed by atoms with E-state index in [1.54, 1.807) is 0 Å². The van der Waals surface area contributed by atoms with E-state index in [1.165, 1.54) is 25.3 Å². The van der Waals surface area contributed by atoms with Gasteiger partial charge in [0.1, 0.15) is 11.6 Å². The van der Waals surface area contributed by atoms with Crippen LogP contribution in [0.4, 0.5) is 4.39 Å². The van der Waals surface area contributed by atoms with Gasteiger partial charge in [0.15, 0.2) is 0 Å². The Morgan fingerprint density at radius 1 is 1.37 bits per heavy atom. The van der Waals surface area contributed by atoms with E-state index in [2.05, 4.69) is 0 Å². The first-order chi connectivity index (χ1) is 9.03. The molecule has 104 valence electrons. The summed E-state index contributed by atoms with van der Waals surface area (Å²) in [4.78, 5) is 0. The van der Waals surface area contributed by atoms with E-state index in [9.17, 15) is 13.7 Å². The van der Waals surface area contributed by atoms with Crippen LogP contribution in [0.2, 0.25) is 0 Å². The zero-order valence-corrected chi connectivity index (χ0v) is 11.6. The quantitative estimate of drug-likeness (QED) is 0.904. The minimum Gasteiger partial charge on any atom is -0.496 e. The SMILES string of the molecule is COc1ccc(F)cc1C1(O)CC2CCC(C1)S2=O. The Balaban J connectivity index is 2.02. The molecule has 2 aliphatic rings. The second-order valence-corrected chi connectivity index (χ2v) is 7.42. The number of aliphatic hydroxyl groups is 1. The molecule has 2 aliphatic heterocycles. The summed E-state index contributed by atoms with van der Waals surface area (Å²) in [6, 6.07) is 4.20. The third-order valence-electron chi connectivity index (χ3n) is 4.26. The first kappa shape index (κ1) is 13.1. The van der Waals surface area contributed by atoms with Gasteiger partial charge in [-0.2, -0.15) is 0 Å². The van der Waals surface area contributed by atoms with Crippen molar-refractivity contribution in [3.63, 3.8) is 0 Å². The standard InChI is InChI=1S/C14H17FO3S/c1-18-13-5-2-9(15)6-12(13)14(16)7-10-3-4-11(8-14)19(10)17/h2,5-6,10-11,16H,3-4,7-8H2,1H3. The van der Waals surface area contributed by atoms with Gasteiger partial charge >= 0.3 is 0 Å². The highest BCUT2D eigenvalue weighted by molar-refractivity contribution is 7.86. The van der Waals surface area contributed by atoms with E-state index in [-0.39, 0.29) is 16.3 Å². The van der Waals surface area contributed by atoms with Crippen molar-refractivity contribution in [1.82, 2.24) is 0 Å². The third kappa shape index (κ3) is 2.09. The maximum atomic E-state index is 13.5. The van der Waals surface area contributed by atoms with Gasteiger partial charge in [0, 0.05) is 26.9 Å². The molecule has 5 heteroatoms. The number of methoxy groups -OCH3 is 1. The largest absolute Gasteiger partial charge is 0.496 e. The summed E-state index contributed by atoms with van der Waals surface area (Å²) in [6.45, 7) is 0. The molecule has 0 aromatic heterocycles. The molecule has 0 aliphatic carbocycles. The molecular formula is C14H17FO3S. The fourth-order valence-electron chi connectivity index (χ4n) is 3.35. The van der Waals surface area contributed by atoms with E-state index < -0.39 is 16.4 Å². The van der Waals surface area contributed by atoms with Crippen LogP contribution < -0.4 is 4.74 Å². The van der Waals surface area contributed by atoms with Crippen LogP contribution in [-0.4, -0.2) is 26.9 Å². The Labute approximate surface area is 114 Å². The van der Waals surface area contributed by atoms with E-state index in [0.717, 1.165) is 12.8 Å². The van der Waals surface area contributed by atoms with E-state index in [0.29, 0.717) is 24.2 Å². The van der Waals surface area contributed by atoms with Gasteiger partial charge in [-0.15, -0.1) is 0 Å². The topological polar surface area (TPSA) is 46.5 Å². The van der Waals surface area contributed by atoms with Crippen LogP contribution in [0.25, 0.3) is 0 Å². The minimum atomic E-state index is -1.12. The molecule has 1 aromatic carbocycles. The molecule has 2 fully saturated rings. The Morgan fingerprint density at radius 3 is 2.58 bits per heavy atom. The summed E-state index contributed by atoms with van der Waals surface area (Å²) in [7, 11) is 0.662. The maximum Gasteiger partial charge on any atom is 0.125 e. The average Bonchev–Trinajstić information content (AvgIpc) is 2.63. The van der Waals surface area contributed by atoms with Crippen LogP contribution in [0.5, 0.6) is 5.75 Å². The summed E-state index contributed by atoms with van der Waals surface area (Å²) in [6.07, 6.45) is 2.63. The van der Waals surface area contributed by atoms with Gasteiger partial charge in [-0.05, 0) is 43.9 Å². The normalized spacial score (nSPS) is 37.3. The smallest absolute Gasteiger partial charge is 0.125 e. The van der Waals surface area contributed by atoms with Crippen LogP contribution in [-0.2, 0) is 16.4 Å². The van der Waals surface area contributed by atoms with E-state index in [1.807, 2.05) is 0 Å². The summed E-state index contributed by atoms with van der Waals surface area (Å²) < 4.78 is 30.7. The fraction of sp³-hybridized carbons (Fsp3) is 0.571. The number of ether oxygens (including phenoxy) is 1. The lowest BCUT2D eigenvalue weighted by molar-refractivity contribution is 0.0160. The van der Waals surface area contributed by atoms with E-state index in [4.69, 9.17) is 4.74 Å². The molecule has 2 atom stereocenters. The molecule has 19 heavy (non-hydrogen) atoms.